The Balaban J connectivity index is 1.90. The molecular formula is C14H16N2O3S. The molecular weight excluding hydrogens is 276 g/mol. The largest absolute Gasteiger partial charge is 0.463 e. The Morgan fingerprint density at radius 2 is 2.55 bits per heavy atom. The number of ether oxygens (including phenoxy) is 1. The molecule has 0 spiro atoms. The highest BCUT2D eigenvalue weighted by molar-refractivity contribution is 7.14. The summed E-state index contributed by atoms with van der Waals surface area (Å²) in [6.45, 7) is 5.79. The van der Waals surface area contributed by atoms with Gasteiger partial charge in [-0.15, -0.1) is 17.9 Å². The molecule has 0 aliphatic carbocycles. The van der Waals surface area contributed by atoms with Crippen molar-refractivity contribution in [1.82, 2.24) is 4.98 Å². The Labute approximate surface area is 121 Å². The molecule has 2 heterocycles. The molecule has 0 aromatic carbocycles. The van der Waals surface area contributed by atoms with Gasteiger partial charge in [-0.05, 0) is 25.5 Å². The summed E-state index contributed by atoms with van der Waals surface area (Å²) in [4.78, 5) is 16.2. The van der Waals surface area contributed by atoms with E-state index in [4.69, 9.17) is 9.15 Å². The number of hydrogen-bond donors (Lipinski definition) is 1. The van der Waals surface area contributed by atoms with Crippen LogP contribution in [0.4, 0.5) is 5.13 Å². The van der Waals surface area contributed by atoms with Gasteiger partial charge in [0.1, 0.15) is 11.8 Å². The van der Waals surface area contributed by atoms with Gasteiger partial charge in [-0.1, -0.05) is 6.08 Å². The second-order valence-corrected chi connectivity index (χ2v) is 4.95. The number of nitrogens with zero attached hydrogens (tertiary/aromatic N) is 1. The first-order chi connectivity index (χ1) is 9.70. The maximum Gasteiger partial charge on any atom is 0.254 e. The van der Waals surface area contributed by atoms with E-state index in [9.17, 15) is 4.79 Å². The number of aromatic nitrogens is 1. The van der Waals surface area contributed by atoms with E-state index >= 15 is 0 Å². The summed E-state index contributed by atoms with van der Waals surface area (Å²) in [5, 5.41) is 5.09. The van der Waals surface area contributed by atoms with Crippen molar-refractivity contribution in [3.63, 3.8) is 0 Å². The van der Waals surface area contributed by atoms with Crippen LogP contribution >= 0.6 is 11.3 Å². The fourth-order valence-corrected chi connectivity index (χ4v) is 2.18. The van der Waals surface area contributed by atoms with Crippen molar-refractivity contribution < 1.29 is 13.9 Å². The SMILES string of the molecule is C=CCCO[C@H](C)C(=O)Nc1nc(-c2ccco2)cs1. The van der Waals surface area contributed by atoms with Crippen LogP contribution in [-0.2, 0) is 9.53 Å². The van der Waals surface area contributed by atoms with Gasteiger partial charge in [0, 0.05) is 5.38 Å². The third kappa shape index (κ3) is 3.79. The molecule has 2 aromatic rings. The van der Waals surface area contributed by atoms with Crippen LogP contribution in [0.3, 0.4) is 0 Å². The standard InChI is InChI=1S/C14H16N2O3S/c1-3-4-7-18-10(2)13(17)16-14-15-11(9-20-14)12-6-5-8-19-12/h3,5-6,8-10H,1,4,7H2,2H3,(H,15,16,17)/t10-/m1/s1. The second kappa shape index (κ2) is 7.02. The summed E-state index contributed by atoms with van der Waals surface area (Å²) in [7, 11) is 0. The summed E-state index contributed by atoms with van der Waals surface area (Å²) < 4.78 is 10.6. The highest BCUT2D eigenvalue weighted by Crippen LogP contribution is 2.25. The lowest BCUT2D eigenvalue weighted by molar-refractivity contribution is -0.126. The smallest absolute Gasteiger partial charge is 0.254 e. The number of thiazole rings is 1. The van der Waals surface area contributed by atoms with E-state index in [-0.39, 0.29) is 5.91 Å². The number of rotatable bonds is 7. The number of furan rings is 1. The number of hydrogen-bond acceptors (Lipinski definition) is 5. The fraction of sp³-hybridized carbons (Fsp3) is 0.286. The molecule has 2 rings (SSSR count). The maximum absolute atomic E-state index is 11.9. The van der Waals surface area contributed by atoms with Crippen LogP contribution in [0.25, 0.3) is 11.5 Å². The minimum absolute atomic E-state index is 0.214. The average Bonchev–Trinajstić information content (AvgIpc) is 3.08. The summed E-state index contributed by atoms with van der Waals surface area (Å²) in [6, 6.07) is 3.62. The Morgan fingerprint density at radius 1 is 1.70 bits per heavy atom. The van der Waals surface area contributed by atoms with E-state index in [2.05, 4.69) is 16.9 Å². The second-order valence-electron chi connectivity index (χ2n) is 4.09. The van der Waals surface area contributed by atoms with Crippen LogP contribution in [0, 0.1) is 0 Å². The predicted molar refractivity (Wildman–Crippen MR) is 78.7 cm³/mol. The molecule has 1 atom stereocenters. The number of nitrogens with one attached hydrogen (secondary N) is 1. The molecule has 2 aromatic heterocycles. The summed E-state index contributed by atoms with van der Waals surface area (Å²) in [5.74, 6) is 0.464. The third-order valence-corrected chi connectivity index (χ3v) is 3.32. The summed E-state index contributed by atoms with van der Waals surface area (Å²) in [6.07, 6.45) is 3.53. The average molecular weight is 292 g/mol. The molecule has 1 amide bonds. The summed E-state index contributed by atoms with van der Waals surface area (Å²) in [5.41, 5.74) is 0.704. The highest BCUT2D eigenvalue weighted by Gasteiger charge is 2.15. The van der Waals surface area contributed by atoms with E-state index in [1.54, 1.807) is 25.3 Å². The lowest BCUT2D eigenvalue weighted by Crippen LogP contribution is -2.27. The zero-order chi connectivity index (χ0) is 14.4. The van der Waals surface area contributed by atoms with Gasteiger partial charge < -0.3 is 9.15 Å². The first kappa shape index (κ1) is 14.5. The van der Waals surface area contributed by atoms with Crippen molar-refractivity contribution in [2.45, 2.75) is 19.4 Å². The van der Waals surface area contributed by atoms with E-state index in [0.29, 0.717) is 23.2 Å². The van der Waals surface area contributed by atoms with Crippen molar-refractivity contribution >= 4 is 22.4 Å². The number of amides is 1. The Hall–Kier alpha value is -1.92. The molecule has 0 saturated carbocycles. The number of anilines is 1. The van der Waals surface area contributed by atoms with Gasteiger partial charge in [-0.25, -0.2) is 4.98 Å². The molecule has 0 unspecified atom stereocenters. The molecule has 20 heavy (non-hydrogen) atoms. The van der Waals surface area contributed by atoms with Gasteiger partial charge in [-0.3, -0.25) is 10.1 Å². The van der Waals surface area contributed by atoms with Crippen molar-refractivity contribution in [2.24, 2.45) is 0 Å². The molecule has 6 heteroatoms. The van der Waals surface area contributed by atoms with Crippen LogP contribution in [-0.4, -0.2) is 23.6 Å². The first-order valence-electron chi connectivity index (χ1n) is 6.23. The van der Waals surface area contributed by atoms with Crippen molar-refractivity contribution in [3.05, 3.63) is 36.4 Å². The molecule has 0 bridgehead atoms. The third-order valence-electron chi connectivity index (χ3n) is 2.57. The van der Waals surface area contributed by atoms with Crippen molar-refractivity contribution in [1.29, 1.82) is 0 Å². The van der Waals surface area contributed by atoms with Gasteiger partial charge >= 0.3 is 0 Å². The molecule has 0 saturated heterocycles. The number of carbonyl (C=O) groups is 1. The van der Waals surface area contributed by atoms with Crippen LogP contribution in [0.5, 0.6) is 0 Å². The lowest BCUT2D eigenvalue weighted by Gasteiger charge is -2.11. The van der Waals surface area contributed by atoms with Crippen LogP contribution < -0.4 is 5.32 Å². The van der Waals surface area contributed by atoms with E-state index < -0.39 is 6.10 Å². The molecule has 5 nitrogen and oxygen atoms in total. The van der Waals surface area contributed by atoms with Gasteiger partial charge in [0.25, 0.3) is 5.91 Å². The normalized spacial score (nSPS) is 12.1. The molecule has 0 aliphatic heterocycles. The molecule has 0 aliphatic rings. The van der Waals surface area contributed by atoms with Gasteiger partial charge in [-0.2, -0.15) is 0 Å². The van der Waals surface area contributed by atoms with E-state index in [1.807, 2.05) is 11.4 Å². The monoisotopic (exact) mass is 292 g/mol. The zero-order valence-corrected chi connectivity index (χ0v) is 12.0. The van der Waals surface area contributed by atoms with E-state index in [1.165, 1.54) is 11.3 Å². The highest BCUT2D eigenvalue weighted by atomic mass is 32.1. The Kier molecular flexibility index (Phi) is 5.09. The van der Waals surface area contributed by atoms with Crippen LogP contribution in [0.15, 0.2) is 40.8 Å². The van der Waals surface area contributed by atoms with Gasteiger partial charge in [0.15, 0.2) is 10.9 Å². The summed E-state index contributed by atoms with van der Waals surface area (Å²) >= 11 is 1.35. The topological polar surface area (TPSA) is 64.4 Å². The van der Waals surface area contributed by atoms with E-state index in [0.717, 1.165) is 6.42 Å². The van der Waals surface area contributed by atoms with Crippen molar-refractivity contribution in [3.8, 4) is 11.5 Å². The van der Waals surface area contributed by atoms with Gasteiger partial charge in [0.2, 0.25) is 0 Å². The lowest BCUT2D eigenvalue weighted by atomic mass is 10.3. The Morgan fingerprint density at radius 3 is 3.25 bits per heavy atom. The molecule has 1 N–H and O–H groups in total. The molecule has 0 radical (unpaired) electrons. The minimum Gasteiger partial charge on any atom is -0.463 e. The predicted octanol–water partition coefficient (Wildman–Crippen LogP) is 3.32. The molecule has 106 valence electrons. The van der Waals surface area contributed by atoms with Gasteiger partial charge in [0.05, 0.1) is 12.9 Å². The fourth-order valence-electron chi connectivity index (χ4n) is 1.48. The van der Waals surface area contributed by atoms with Crippen LogP contribution in [0.2, 0.25) is 0 Å². The first-order valence-corrected chi connectivity index (χ1v) is 7.11. The minimum atomic E-state index is -0.522. The maximum atomic E-state index is 11.9. The van der Waals surface area contributed by atoms with Crippen LogP contribution in [0.1, 0.15) is 13.3 Å². The molecule has 0 fully saturated rings. The van der Waals surface area contributed by atoms with Crippen molar-refractivity contribution in [2.75, 3.05) is 11.9 Å². The quantitative estimate of drug-likeness (QED) is 0.628. The number of carbonyl (C=O) groups excluding carboxylic acids is 1. The Bertz CT molecular complexity index is 563. The zero-order valence-electron chi connectivity index (χ0n) is 11.2.